The summed E-state index contributed by atoms with van der Waals surface area (Å²) < 4.78 is 5.56. The fraction of sp³-hybridized carbons (Fsp3) is 0.583. The van der Waals surface area contributed by atoms with E-state index >= 15 is 0 Å². The van der Waals surface area contributed by atoms with Crippen molar-refractivity contribution in [3.05, 3.63) is 12.2 Å². The van der Waals surface area contributed by atoms with E-state index in [2.05, 4.69) is 32.2 Å². The topological polar surface area (TPSA) is 102 Å². The van der Waals surface area contributed by atoms with E-state index in [0.29, 0.717) is 30.2 Å². The number of aromatic amines is 1. The van der Waals surface area contributed by atoms with Crippen LogP contribution in [-0.2, 0) is 4.74 Å². The minimum absolute atomic E-state index is 0.208. The average Bonchev–Trinajstić information content (AvgIpc) is 3.02. The number of nitrogen functional groups attached to an aromatic ring is 1. The third-order valence-corrected chi connectivity index (χ3v) is 3.42. The maximum absolute atomic E-state index is 5.81. The molecule has 0 saturated carbocycles. The van der Waals surface area contributed by atoms with Gasteiger partial charge in [0.1, 0.15) is 17.7 Å². The number of ether oxygens (including phenoxy) is 1. The molecular formula is C12H18N6O. The summed E-state index contributed by atoms with van der Waals surface area (Å²) in [6, 6.07) is 0.287. The second-order valence-corrected chi connectivity index (χ2v) is 4.78. The van der Waals surface area contributed by atoms with Gasteiger partial charge in [0.15, 0.2) is 11.5 Å². The highest BCUT2D eigenvalue weighted by Crippen LogP contribution is 2.26. The highest BCUT2D eigenvalue weighted by atomic mass is 16.5. The molecule has 3 heterocycles. The Kier molecular flexibility index (Phi) is 3.31. The standard InChI is InChI=1S/C12H18N6O/c1-2-3-14-8-5-19-4-7(8)11-17-9-10(13)15-6-16-12(9)18-11/h6-8,14H,2-5H2,1H3,(H3,13,15,16,17,18). The zero-order chi connectivity index (χ0) is 13.2. The fourth-order valence-electron chi connectivity index (χ4n) is 2.39. The number of aromatic nitrogens is 4. The molecule has 2 atom stereocenters. The van der Waals surface area contributed by atoms with Gasteiger partial charge in [-0.25, -0.2) is 15.0 Å². The number of anilines is 1. The second kappa shape index (κ2) is 5.10. The Morgan fingerprint density at radius 3 is 3.16 bits per heavy atom. The van der Waals surface area contributed by atoms with E-state index in [0.717, 1.165) is 18.8 Å². The van der Waals surface area contributed by atoms with Gasteiger partial charge >= 0.3 is 0 Å². The minimum Gasteiger partial charge on any atom is -0.382 e. The lowest BCUT2D eigenvalue weighted by molar-refractivity contribution is 0.187. The number of hydrogen-bond acceptors (Lipinski definition) is 6. The molecule has 1 saturated heterocycles. The predicted molar refractivity (Wildman–Crippen MR) is 71.7 cm³/mol. The number of fused-ring (bicyclic) bond motifs is 1. The van der Waals surface area contributed by atoms with Crippen molar-refractivity contribution in [3.8, 4) is 0 Å². The lowest BCUT2D eigenvalue weighted by Crippen LogP contribution is -2.35. The maximum atomic E-state index is 5.81. The Balaban J connectivity index is 1.88. The smallest absolute Gasteiger partial charge is 0.183 e. The zero-order valence-electron chi connectivity index (χ0n) is 10.9. The van der Waals surface area contributed by atoms with Crippen molar-refractivity contribution in [2.45, 2.75) is 25.3 Å². The Morgan fingerprint density at radius 2 is 2.37 bits per heavy atom. The van der Waals surface area contributed by atoms with Gasteiger partial charge in [-0.3, -0.25) is 0 Å². The van der Waals surface area contributed by atoms with Crippen LogP contribution in [0.2, 0.25) is 0 Å². The van der Waals surface area contributed by atoms with Gasteiger partial charge in [-0.1, -0.05) is 6.92 Å². The Labute approximate surface area is 111 Å². The van der Waals surface area contributed by atoms with Crippen LogP contribution in [0, 0.1) is 0 Å². The SMILES string of the molecule is CCCNC1COCC1c1nc2ncnc(N)c2[nH]1. The van der Waals surface area contributed by atoms with Crippen molar-refractivity contribution in [2.24, 2.45) is 0 Å². The van der Waals surface area contributed by atoms with Crippen LogP contribution in [0.4, 0.5) is 5.82 Å². The van der Waals surface area contributed by atoms with Gasteiger partial charge < -0.3 is 20.8 Å². The lowest BCUT2D eigenvalue weighted by Gasteiger charge is -2.16. The molecule has 0 aromatic carbocycles. The van der Waals surface area contributed by atoms with Crippen LogP contribution >= 0.6 is 0 Å². The Bertz CT molecular complexity index is 568. The van der Waals surface area contributed by atoms with Gasteiger partial charge in [-0.15, -0.1) is 0 Å². The van der Waals surface area contributed by atoms with Gasteiger partial charge in [0.2, 0.25) is 0 Å². The molecule has 3 rings (SSSR count). The van der Waals surface area contributed by atoms with Crippen molar-refractivity contribution in [1.82, 2.24) is 25.3 Å². The van der Waals surface area contributed by atoms with E-state index in [1.54, 1.807) is 0 Å². The summed E-state index contributed by atoms with van der Waals surface area (Å²) >= 11 is 0. The van der Waals surface area contributed by atoms with Gasteiger partial charge in [-0.2, -0.15) is 0 Å². The summed E-state index contributed by atoms with van der Waals surface area (Å²) in [4.78, 5) is 15.8. The minimum atomic E-state index is 0.208. The first-order valence-corrected chi connectivity index (χ1v) is 6.56. The summed E-state index contributed by atoms with van der Waals surface area (Å²) in [7, 11) is 0. The predicted octanol–water partition coefficient (Wildman–Crippen LogP) is 0.417. The number of hydrogen-bond donors (Lipinski definition) is 3. The van der Waals surface area contributed by atoms with Crippen molar-refractivity contribution < 1.29 is 4.74 Å². The molecule has 0 aliphatic carbocycles. The summed E-state index contributed by atoms with van der Waals surface area (Å²) in [5.41, 5.74) is 7.14. The lowest BCUT2D eigenvalue weighted by atomic mass is 10.0. The molecule has 1 fully saturated rings. The molecule has 2 aromatic heterocycles. The van der Waals surface area contributed by atoms with Crippen LogP contribution in [0.25, 0.3) is 11.2 Å². The van der Waals surface area contributed by atoms with Crippen LogP contribution in [0.1, 0.15) is 25.1 Å². The van der Waals surface area contributed by atoms with Crippen molar-refractivity contribution in [1.29, 1.82) is 0 Å². The van der Waals surface area contributed by atoms with E-state index in [4.69, 9.17) is 10.5 Å². The summed E-state index contributed by atoms with van der Waals surface area (Å²) in [6.45, 7) is 4.50. The van der Waals surface area contributed by atoms with Crippen LogP contribution < -0.4 is 11.1 Å². The first-order valence-electron chi connectivity index (χ1n) is 6.56. The number of nitrogens with zero attached hydrogens (tertiary/aromatic N) is 3. The summed E-state index contributed by atoms with van der Waals surface area (Å²) in [5, 5.41) is 3.49. The van der Waals surface area contributed by atoms with E-state index in [1.807, 2.05) is 0 Å². The highest BCUT2D eigenvalue weighted by molar-refractivity contribution is 5.81. The van der Waals surface area contributed by atoms with Crippen molar-refractivity contribution in [2.75, 3.05) is 25.5 Å². The van der Waals surface area contributed by atoms with E-state index in [-0.39, 0.29) is 12.0 Å². The second-order valence-electron chi connectivity index (χ2n) is 4.78. The molecule has 0 radical (unpaired) electrons. The molecule has 1 aliphatic rings. The monoisotopic (exact) mass is 262 g/mol. The molecule has 1 aliphatic heterocycles. The fourth-order valence-corrected chi connectivity index (χ4v) is 2.39. The van der Waals surface area contributed by atoms with E-state index in [1.165, 1.54) is 6.33 Å². The van der Waals surface area contributed by atoms with E-state index in [9.17, 15) is 0 Å². The third-order valence-electron chi connectivity index (χ3n) is 3.42. The molecule has 2 unspecified atom stereocenters. The van der Waals surface area contributed by atoms with Gasteiger partial charge in [0.25, 0.3) is 0 Å². The van der Waals surface area contributed by atoms with Crippen LogP contribution in [0.5, 0.6) is 0 Å². The van der Waals surface area contributed by atoms with E-state index < -0.39 is 0 Å². The molecule has 0 bridgehead atoms. The van der Waals surface area contributed by atoms with Crippen LogP contribution in [-0.4, -0.2) is 45.7 Å². The number of imidazole rings is 1. The normalized spacial score (nSPS) is 23.2. The quantitative estimate of drug-likeness (QED) is 0.738. The summed E-state index contributed by atoms with van der Waals surface area (Å²) in [6.07, 6.45) is 2.53. The molecule has 4 N–H and O–H groups in total. The largest absolute Gasteiger partial charge is 0.382 e. The molecule has 0 spiro atoms. The molecule has 19 heavy (non-hydrogen) atoms. The highest BCUT2D eigenvalue weighted by Gasteiger charge is 2.31. The van der Waals surface area contributed by atoms with Crippen LogP contribution in [0.15, 0.2) is 6.33 Å². The van der Waals surface area contributed by atoms with Gasteiger partial charge in [0.05, 0.1) is 19.1 Å². The average molecular weight is 262 g/mol. The van der Waals surface area contributed by atoms with Gasteiger partial charge in [-0.05, 0) is 13.0 Å². The number of nitrogens with one attached hydrogen (secondary N) is 2. The Morgan fingerprint density at radius 1 is 1.47 bits per heavy atom. The zero-order valence-corrected chi connectivity index (χ0v) is 10.9. The number of rotatable bonds is 4. The summed E-state index contributed by atoms with van der Waals surface area (Å²) in [5.74, 6) is 1.51. The maximum Gasteiger partial charge on any atom is 0.183 e. The number of nitrogens with two attached hydrogens (primary N) is 1. The molecule has 0 amide bonds. The first-order chi connectivity index (χ1) is 9.29. The molecule has 102 valence electrons. The Hall–Kier alpha value is -1.73. The van der Waals surface area contributed by atoms with Crippen molar-refractivity contribution in [3.63, 3.8) is 0 Å². The third kappa shape index (κ3) is 2.26. The van der Waals surface area contributed by atoms with Crippen molar-refractivity contribution >= 4 is 17.0 Å². The number of H-pyrrole nitrogens is 1. The van der Waals surface area contributed by atoms with Crippen LogP contribution in [0.3, 0.4) is 0 Å². The first kappa shape index (κ1) is 12.3. The van der Waals surface area contributed by atoms with Gasteiger partial charge in [0, 0.05) is 6.04 Å². The molecule has 7 heteroatoms. The molecule has 2 aromatic rings. The molecular weight excluding hydrogens is 244 g/mol. The molecule has 7 nitrogen and oxygen atoms in total.